The molecule has 0 bridgehead atoms. The zero-order valence-corrected chi connectivity index (χ0v) is 11.9. The average Bonchev–Trinajstić information content (AvgIpc) is 1.83. The monoisotopic (exact) mass is 264 g/mol. The normalized spacial score (nSPS) is 15.5. The van der Waals surface area contributed by atoms with E-state index in [0.29, 0.717) is 0 Å². The molecule has 0 nitrogen and oxygen atoms in total. The molecule has 0 aromatic carbocycles. The van der Waals surface area contributed by atoms with Crippen molar-refractivity contribution in [3.05, 3.63) is 0 Å². The number of hydrogen-bond donors (Lipinski definition) is 0. The van der Waals surface area contributed by atoms with E-state index in [1.165, 1.54) is 6.42 Å². The van der Waals surface area contributed by atoms with E-state index in [4.69, 9.17) is 0 Å². The first kappa shape index (κ1) is 11.8. The Morgan fingerprint density at radius 3 is 1.82 bits per heavy atom. The van der Waals surface area contributed by atoms with Gasteiger partial charge in [-0.15, -0.1) is 0 Å². The summed E-state index contributed by atoms with van der Waals surface area (Å²) >= 11 is -1.59. The molecule has 0 spiro atoms. The predicted octanol–water partition coefficient (Wildman–Crippen LogP) is 4.15. The van der Waals surface area contributed by atoms with Crippen LogP contribution in [0.5, 0.6) is 0 Å². The van der Waals surface area contributed by atoms with Crippen LogP contribution in [0.3, 0.4) is 0 Å². The van der Waals surface area contributed by atoms with Gasteiger partial charge in [0.2, 0.25) is 0 Å². The maximum absolute atomic E-state index is 2.60. The molecule has 1 atom stereocenters. The van der Waals surface area contributed by atoms with Gasteiger partial charge in [-0.05, 0) is 0 Å². The van der Waals surface area contributed by atoms with E-state index in [-0.39, 0.29) is 0 Å². The van der Waals surface area contributed by atoms with Gasteiger partial charge < -0.3 is 0 Å². The fraction of sp³-hybridized carbons (Fsp3) is 1.00. The van der Waals surface area contributed by atoms with Crippen LogP contribution in [0.25, 0.3) is 0 Å². The van der Waals surface area contributed by atoms with Crippen molar-refractivity contribution < 1.29 is 0 Å². The molecule has 0 aliphatic rings. The van der Waals surface area contributed by atoms with Crippen molar-refractivity contribution in [3.8, 4) is 0 Å². The summed E-state index contributed by atoms with van der Waals surface area (Å²) in [7, 11) is 0. The molecule has 1 unspecified atom stereocenters. The van der Waals surface area contributed by atoms with Crippen LogP contribution in [0.1, 0.15) is 34.1 Å². The zero-order chi connectivity index (χ0) is 9.07. The molecule has 0 aromatic heterocycles. The van der Waals surface area contributed by atoms with Gasteiger partial charge >= 0.3 is 76.7 Å². The molecule has 0 aliphatic carbocycles. The summed E-state index contributed by atoms with van der Waals surface area (Å²) in [5.41, 5.74) is 0. The summed E-state index contributed by atoms with van der Waals surface area (Å²) in [4.78, 5) is 5.20. The van der Waals surface area contributed by atoms with Gasteiger partial charge in [-0.3, -0.25) is 0 Å². The molecular weight excluding hydrogens is 239 g/mol. The molecule has 0 aromatic rings. The van der Waals surface area contributed by atoms with Crippen molar-refractivity contribution in [3.63, 3.8) is 0 Å². The van der Waals surface area contributed by atoms with Crippen molar-refractivity contribution in [2.45, 2.75) is 52.4 Å². The van der Waals surface area contributed by atoms with Gasteiger partial charge in [0, 0.05) is 0 Å². The fourth-order valence-electron chi connectivity index (χ4n) is 1.81. The molecule has 0 rings (SSSR count). The third kappa shape index (κ3) is 4.39. The summed E-state index contributed by atoms with van der Waals surface area (Å²) in [5.74, 6) is 0.926. The Labute approximate surface area is 76.6 Å². The molecule has 0 aliphatic heterocycles. The van der Waals surface area contributed by atoms with E-state index < -0.39 is 18.4 Å². The minimum absolute atomic E-state index is 0.926. The van der Waals surface area contributed by atoms with Crippen LogP contribution in [-0.2, 0) is 0 Å². The van der Waals surface area contributed by atoms with Crippen LogP contribution < -0.4 is 0 Å². The Balaban J connectivity index is 3.98. The van der Waals surface area contributed by atoms with Crippen molar-refractivity contribution in [1.82, 2.24) is 0 Å². The van der Waals surface area contributed by atoms with Crippen molar-refractivity contribution >= 4 is 18.4 Å². The molecule has 0 saturated heterocycles. The number of hydrogen-bond acceptors (Lipinski definition) is 0. The summed E-state index contributed by atoms with van der Waals surface area (Å²) in [6.07, 6.45) is 1.40. The van der Waals surface area contributed by atoms with Gasteiger partial charge in [0.25, 0.3) is 0 Å². The van der Waals surface area contributed by atoms with Gasteiger partial charge in [-0.25, -0.2) is 0 Å². The van der Waals surface area contributed by atoms with E-state index in [1.54, 1.807) is 4.44 Å². The topological polar surface area (TPSA) is 0 Å². The quantitative estimate of drug-likeness (QED) is 0.668. The first-order valence-corrected chi connectivity index (χ1v) is 14.3. The SMILES string of the molecule is CC[CH](C)[Sn]([CH3])([CH3])[CH2]C(C)C. The average molecular weight is 263 g/mol. The number of rotatable bonds is 4. The molecular formula is C10H24Sn. The van der Waals surface area contributed by atoms with Crippen LogP contribution >= 0.6 is 0 Å². The third-order valence-electron chi connectivity index (χ3n) is 2.88. The van der Waals surface area contributed by atoms with Crippen LogP contribution in [0.15, 0.2) is 0 Å². The van der Waals surface area contributed by atoms with Gasteiger partial charge in [0.15, 0.2) is 0 Å². The van der Waals surface area contributed by atoms with Crippen LogP contribution in [0, 0.1) is 5.92 Å². The third-order valence-corrected chi connectivity index (χ3v) is 17.0. The molecule has 0 N–H and O–H groups in total. The van der Waals surface area contributed by atoms with Crippen molar-refractivity contribution in [2.75, 3.05) is 0 Å². The molecule has 0 amide bonds. The molecule has 0 fully saturated rings. The van der Waals surface area contributed by atoms with Gasteiger partial charge in [-0.1, -0.05) is 0 Å². The molecule has 1 heteroatoms. The molecule has 0 radical (unpaired) electrons. The first-order valence-electron chi connectivity index (χ1n) is 4.90. The second-order valence-corrected chi connectivity index (χ2v) is 20.2. The van der Waals surface area contributed by atoms with Gasteiger partial charge in [0.1, 0.15) is 0 Å². The molecule has 0 heterocycles. The van der Waals surface area contributed by atoms with Crippen molar-refractivity contribution in [1.29, 1.82) is 0 Å². The zero-order valence-electron chi connectivity index (χ0n) is 9.07. The Bertz CT molecular complexity index is 105. The second-order valence-electron chi connectivity index (χ2n) is 4.90. The van der Waals surface area contributed by atoms with Gasteiger partial charge in [0.05, 0.1) is 0 Å². The van der Waals surface area contributed by atoms with E-state index in [2.05, 4.69) is 37.6 Å². The second kappa shape index (κ2) is 4.73. The fourth-order valence-corrected chi connectivity index (χ4v) is 12.1. The summed E-state index contributed by atoms with van der Waals surface area (Å²) < 4.78 is 2.62. The summed E-state index contributed by atoms with van der Waals surface area (Å²) in [6.45, 7) is 9.52. The predicted molar refractivity (Wildman–Crippen MR) is 56.8 cm³/mol. The van der Waals surface area contributed by atoms with E-state index >= 15 is 0 Å². The standard InChI is InChI=1S/2C4H9.2CH3.Sn/c1-4(2)3;1-3-4-2;;;/h4H,1H2,2-3H3;3H,4H2,1-2H3;2*1H3;. The van der Waals surface area contributed by atoms with Gasteiger partial charge in [-0.2, -0.15) is 0 Å². The minimum atomic E-state index is -1.59. The molecule has 11 heavy (non-hydrogen) atoms. The summed E-state index contributed by atoms with van der Waals surface area (Å²) in [5, 5.41) is 0. The maximum atomic E-state index is 2.60. The first-order chi connectivity index (χ1) is 4.90. The van der Waals surface area contributed by atoms with Crippen molar-refractivity contribution in [2.24, 2.45) is 5.92 Å². The van der Waals surface area contributed by atoms with Crippen LogP contribution in [0.4, 0.5) is 0 Å². The Kier molecular flexibility index (Phi) is 5.08. The van der Waals surface area contributed by atoms with E-state index in [9.17, 15) is 0 Å². The Hall–Kier alpha value is 0.799. The van der Waals surface area contributed by atoms with Crippen LogP contribution in [-0.4, -0.2) is 18.4 Å². The Morgan fingerprint density at radius 2 is 1.55 bits per heavy atom. The summed E-state index contributed by atoms with van der Waals surface area (Å²) in [6, 6.07) is 0. The molecule has 0 saturated carbocycles. The van der Waals surface area contributed by atoms with E-state index in [1.807, 2.05) is 0 Å². The van der Waals surface area contributed by atoms with Crippen LogP contribution in [0.2, 0.25) is 18.2 Å². The molecule has 68 valence electrons. The van der Waals surface area contributed by atoms with E-state index in [0.717, 1.165) is 9.85 Å². The Morgan fingerprint density at radius 1 is 1.09 bits per heavy atom.